The van der Waals surface area contributed by atoms with Gasteiger partial charge in [0.15, 0.2) is 5.78 Å². The average molecular weight is 241 g/mol. The second kappa shape index (κ2) is 5.90. The van der Waals surface area contributed by atoms with E-state index in [4.69, 9.17) is 16.3 Å². The van der Waals surface area contributed by atoms with E-state index in [0.29, 0.717) is 18.1 Å². The molecule has 0 heterocycles. The fourth-order valence-corrected chi connectivity index (χ4v) is 1.47. The molecule has 88 valence electrons. The van der Waals surface area contributed by atoms with Gasteiger partial charge in [0.1, 0.15) is 5.75 Å². The molecule has 0 fully saturated rings. The molecule has 0 saturated carbocycles. The van der Waals surface area contributed by atoms with Gasteiger partial charge in [0, 0.05) is 5.56 Å². The van der Waals surface area contributed by atoms with E-state index in [-0.39, 0.29) is 11.7 Å². The predicted molar refractivity (Wildman–Crippen MR) is 66.6 cm³/mol. The zero-order chi connectivity index (χ0) is 12.1. The molecule has 0 amide bonds. The highest BCUT2D eigenvalue weighted by atomic mass is 35.5. The molecule has 0 aliphatic rings. The minimum absolute atomic E-state index is 0.0195. The molecular weight excluding hydrogens is 224 g/mol. The van der Waals surface area contributed by atoms with Gasteiger partial charge in [0.2, 0.25) is 0 Å². The van der Waals surface area contributed by atoms with Gasteiger partial charge < -0.3 is 4.74 Å². The van der Waals surface area contributed by atoms with Gasteiger partial charge in [-0.05, 0) is 36.6 Å². The monoisotopic (exact) mass is 240 g/mol. The smallest absolute Gasteiger partial charge is 0.177 e. The Hall–Kier alpha value is -1.02. The van der Waals surface area contributed by atoms with Gasteiger partial charge in [-0.2, -0.15) is 0 Å². The molecule has 0 aliphatic carbocycles. The first-order chi connectivity index (χ1) is 7.54. The molecule has 1 aromatic rings. The van der Waals surface area contributed by atoms with E-state index in [1.54, 1.807) is 6.07 Å². The largest absolute Gasteiger partial charge is 0.493 e. The maximum atomic E-state index is 11.4. The van der Waals surface area contributed by atoms with E-state index < -0.39 is 0 Å². The molecule has 2 nitrogen and oxygen atoms in total. The quantitative estimate of drug-likeness (QED) is 0.582. The lowest BCUT2D eigenvalue weighted by molar-refractivity contribution is 0.102. The maximum absolute atomic E-state index is 11.4. The number of hydrogen-bond acceptors (Lipinski definition) is 2. The van der Waals surface area contributed by atoms with Crippen LogP contribution < -0.4 is 4.74 Å². The molecule has 0 spiro atoms. The molecule has 16 heavy (non-hydrogen) atoms. The van der Waals surface area contributed by atoms with Gasteiger partial charge in [0.25, 0.3) is 0 Å². The Morgan fingerprint density at radius 1 is 1.44 bits per heavy atom. The van der Waals surface area contributed by atoms with E-state index in [0.717, 1.165) is 11.3 Å². The molecule has 1 aromatic carbocycles. The SMILES string of the molecule is Cc1cc(C(=O)CCl)ccc1OCC(C)C. The third-order valence-corrected chi connectivity index (χ3v) is 2.43. The van der Waals surface area contributed by atoms with Crippen LogP contribution in [0, 0.1) is 12.8 Å². The van der Waals surface area contributed by atoms with Crippen LogP contribution >= 0.6 is 11.6 Å². The fourth-order valence-electron chi connectivity index (χ4n) is 1.32. The van der Waals surface area contributed by atoms with Crippen molar-refractivity contribution in [2.75, 3.05) is 12.5 Å². The summed E-state index contributed by atoms with van der Waals surface area (Å²) in [7, 11) is 0. The Balaban J connectivity index is 2.79. The third kappa shape index (κ3) is 3.53. The highest BCUT2D eigenvalue weighted by molar-refractivity contribution is 6.30. The topological polar surface area (TPSA) is 26.3 Å². The van der Waals surface area contributed by atoms with Crippen LogP contribution in [0.15, 0.2) is 18.2 Å². The van der Waals surface area contributed by atoms with Gasteiger partial charge in [0.05, 0.1) is 12.5 Å². The number of ketones is 1. The van der Waals surface area contributed by atoms with Crippen molar-refractivity contribution in [2.24, 2.45) is 5.92 Å². The first-order valence-corrected chi connectivity index (χ1v) is 5.90. The Bertz CT molecular complexity index is 372. The minimum atomic E-state index is -0.0554. The lowest BCUT2D eigenvalue weighted by atomic mass is 10.1. The van der Waals surface area contributed by atoms with Gasteiger partial charge >= 0.3 is 0 Å². The summed E-state index contributed by atoms with van der Waals surface area (Å²) in [4.78, 5) is 11.4. The number of hydrogen-bond donors (Lipinski definition) is 0. The van der Waals surface area contributed by atoms with Crippen molar-refractivity contribution < 1.29 is 9.53 Å². The van der Waals surface area contributed by atoms with Gasteiger partial charge in [-0.15, -0.1) is 11.6 Å². The van der Waals surface area contributed by atoms with Crippen LogP contribution in [0.25, 0.3) is 0 Å². The molecule has 1 rings (SSSR count). The normalized spacial score (nSPS) is 10.6. The number of aryl methyl sites for hydroxylation is 1. The van der Waals surface area contributed by atoms with Crippen molar-refractivity contribution in [3.05, 3.63) is 29.3 Å². The highest BCUT2D eigenvalue weighted by Crippen LogP contribution is 2.20. The van der Waals surface area contributed by atoms with E-state index in [1.165, 1.54) is 0 Å². The van der Waals surface area contributed by atoms with Crippen molar-refractivity contribution in [1.29, 1.82) is 0 Å². The first kappa shape index (κ1) is 13.0. The Labute approximate surface area is 102 Å². The number of benzene rings is 1. The summed E-state index contributed by atoms with van der Waals surface area (Å²) in [5.74, 6) is 1.29. The summed E-state index contributed by atoms with van der Waals surface area (Å²) in [6, 6.07) is 5.41. The molecule has 0 radical (unpaired) electrons. The molecule has 0 bridgehead atoms. The van der Waals surface area contributed by atoms with Crippen molar-refractivity contribution in [3.63, 3.8) is 0 Å². The number of halogens is 1. The van der Waals surface area contributed by atoms with Crippen LogP contribution in [-0.4, -0.2) is 18.3 Å². The van der Waals surface area contributed by atoms with Gasteiger partial charge in [-0.1, -0.05) is 13.8 Å². The van der Waals surface area contributed by atoms with E-state index in [9.17, 15) is 4.79 Å². The van der Waals surface area contributed by atoms with E-state index in [2.05, 4.69) is 13.8 Å². The molecule has 0 N–H and O–H groups in total. The second-order valence-corrected chi connectivity index (χ2v) is 4.51. The second-order valence-electron chi connectivity index (χ2n) is 4.24. The van der Waals surface area contributed by atoms with E-state index >= 15 is 0 Å². The molecule has 0 unspecified atom stereocenters. The molecular formula is C13H17ClO2. The maximum Gasteiger partial charge on any atom is 0.177 e. The Morgan fingerprint density at radius 2 is 2.12 bits per heavy atom. The summed E-state index contributed by atoms with van der Waals surface area (Å²) >= 11 is 5.50. The standard InChI is InChI=1S/C13H17ClO2/c1-9(2)8-16-13-5-4-11(6-10(13)3)12(15)7-14/h4-6,9H,7-8H2,1-3H3. The number of alkyl halides is 1. The van der Waals surface area contributed by atoms with E-state index in [1.807, 2.05) is 19.1 Å². The lowest BCUT2D eigenvalue weighted by Gasteiger charge is -2.11. The fraction of sp³-hybridized carbons (Fsp3) is 0.462. The van der Waals surface area contributed by atoms with Crippen LogP contribution in [0.5, 0.6) is 5.75 Å². The average Bonchev–Trinajstić information content (AvgIpc) is 2.26. The number of Topliss-reactive ketones (excluding diaryl/α,β-unsaturated/α-hetero) is 1. The zero-order valence-electron chi connectivity index (χ0n) is 9.92. The third-order valence-electron chi connectivity index (χ3n) is 2.19. The van der Waals surface area contributed by atoms with Crippen LogP contribution in [0.3, 0.4) is 0 Å². The molecule has 0 atom stereocenters. The Morgan fingerprint density at radius 3 is 2.62 bits per heavy atom. The van der Waals surface area contributed by atoms with Crippen LogP contribution in [-0.2, 0) is 0 Å². The number of rotatable bonds is 5. The van der Waals surface area contributed by atoms with Crippen molar-refractivity contribution in [1.82, 2.24) is 0 Å². The van der Waals surface area contributed by atoms with Gasteiger partial charge in [-0.25, -0.2) is 0 Å². The summed E-state index contributed by atoms with van der Waals surface area (Å²) in [6.07, 6.45) is 0. The lowest BCUT2D eigenvalue weighted by Crippen LogP contribution is -2.06. The first-order valence-electron chi connectivity index (χ1n) is 5.37. The summed E-state index contributed by atoms with van der Waals surface area (Å²) in [5.41, 5.74) is 1.61. The molecule has 0 aliphatic heterocycles. The minimum Gasteiger partial charge on any atom is -0.493 e. The number of ether oxygens (including phenoxy) is 1. The predicted octanol–water partition coefficient (Wildman–Crippen LogP) is 3.45. The molecule has 3 heteroatoms. The van der Waals surface area contributed by atoms with Crippen LogP contribution in [0.2, 0.25) is 0 Å². The van der Waals surface area contributed by atoms with Crippen LogP contribution in [0.1, 0.15) is 29.8 Å². The number of carbonyl (C=O) groups is 1. The summed E-state index contributed by atoms with van der Waals surface area (Å²) in [5, 5.41) is 0. The summed E-state index contributed by atoms with van der Waals surface area (Å²) in [6.45, 7) is 6.81. The van der Waals surface area contributed by atoms with Gasteiger partial charge in [-0.3, -0.25) is 4.79 Å². The van der Waals surface area contributed by atoms with Crippen molar-refractivity contribution in [3.8, 4) is 5.75 Å². The van der Waals surface area contributed by atoms with Crippen molar-refractivity contribution >= 4 is 17.4 Å². The Kier molecular flexibility index (Phi) is 4.81. The van der Waals surface area contributed by atoms with Crippen molar-refractivity contribution in [2.45, 2.75) is 20.8 Å². The number of carbonyl (C=O) groups excluding carboxylic acids is 1. The molecule has 0 saturated heterocycles. The molecule has 0 aromatic heterocycles. The highest BCUT2D eigenvalue weighted by Gasteiger charge is 2.07. The zero-order valence-corrected chi connectivity index (χ0v) is 10.7. The van der Waals surface area contributed by atoms with Crippen LogP contribution in [0.4, 0.5) is 0 Å². The summed E-state index contributed by atoms with van der Waals surface area (Å²) < 4.78 is 5.62.